The number of H-pyrrole nitrogens is 1. The molecule has 1 heterocycles. The number of rotatable bonds is 4. The summed E-state index contributed by atoms with van der Waals surface area (Å²) in [4.78, 5) is 19.4. The summed E-state index contributed by atoms with van der Waals surface area (Å²) >= 11 is 0. The summed E-state index contributed by atoms with van der Waals surface area (Å²) in [6.45, 7) is 0.526. The van der Waals surface area contributed by atoms with Crippen LogP contribution >= 0.6 is 0 Å². The highest BCUT2D eigenvalue weighted by Crippen LogP contribution is 2.61. The van der Waals surface area contributed by atoms with Gasteiger partial charge in [0.1, 0.15) is 5.82 Å². The van der Waals surface area contributed by atoms with Gasteiger partial charge in [-0.25, -0.2) is 4.98 Å². The lowest BCUT2D eigenvalue weighted by atomic mass is 9.49. The number of amides is 1. The Balaban J connectivity index is 1.37. The second kappa shape index (κ2) is 4.61. The van der Waals surface area contributed by atoms with Crippen molar-refractivity contribution in [1.29, 1.82) is 0 Å². The first-order valence-electron chi connectivity index (χ1n) is 7.96. The standard InChI is InChI=1S/C16H23N3O/c20-15(19-10-14-17-1-2-18-14)9-16-6-11-3-12(7-16)5-13(4-11)8-16/h1-2,11-13H,3-10H2,(H,17,18)(H,19,20). The highest BCUT2D eigenvalue weighted by Gasteiger charge is 2.51. The van der Waals surface area contributed by atoms with Crippen LogP contribution in [0.4, 0.5) is 0 Å². The average Bonchev–Trinajstić information content (AvgIpc) is 2.87. The van der Waals surface area contributed by atoms with E-state index in [2.05, 4.69) is 15.3 Å². The maximum Gasteiger partial charge on any atom is 0.220 e. The maximum absolute atomic E-state index is 12.3. The van der Waals surface area contributed by atoms with Crippen LogP contribution < -0.4 is 5.32 Å². The van der Waals surface area contributed by atoms with Gasteiger partial charge in [-0.05, 0) is 61.7 Å². The van der Waals surface area contributed by atoms with Crippen LogP contribution in [0.15, 0.2) is 12.4 Å². The zero-order chi connectivity index (χ0) is 13.6. The van der Waals surface area contributed by atoms with E-state index in [1.54, 1.807) is 12.4 Å². The molecule has 0 radical (unpaired) electrons. The largest absolute Gasteiger partial charge is 0.349 e. The van der Waals surface area contributed by atoms with Gasteiger partial charge in [-0.2, -0.15) is 0 Å². The SMILES string of the molecule is O=C(CC12CC3CC(CC(C3)C1)C2)NCc1ncc[nH]1. The van der Waals surface area contributed by atoms with Gasteiger partial charge >= 0.3 is 0 Å². The Morgan fingerprint density at radius 3 is 2.45 bits per heavy atom. The monoisotopic (exact) mass is 273 g/mol. The van der Waals surface area contributed by atoms with E-state index in [4.69, 9.17) is 0 Å². The van der Waals surface area contributed by atoms with Gasteiger partial charge < -0.3 is 10.3 Å². The first-order chi connectivity index (χ1) is 9.71. The molecule has 0 atom stereocenters. The lowest BCUT2D eigenvalue weighted by Crippen LogP contribution is -2.48. The summed E-state index contributed by atoms with van der Waals surface area (Å²) < 4.78 is 0. The normalized spacial score (nSPS) is 38.1. The summed E-state index contributed by atoms with van der Waals surface area (Å²) in [7, 11) is 0. The molecule has 5 rings (SSSR count). The molecule has 4 heteroatoms. The maximum atomic E-state index is 12.3. The molecule has 0 aliphatic heterocycles. The van der Waals surface area contributed by atoms with Gasteiger partial charge in [0, 0.05) is 18.8 Å². The van der Waals surface area contributed by atoms with Gasteiger partial charge in [0.2, 0.25) is 5.91 Å². The molecular formula is C16H23N3O. The van der Waals surface area contributed by atoms with Crippen molar-refractivity contribution in [1.82, 2.24) is 15.3 Å². The number of aromatic nitrogens is 2. The molecule has 0 spiro atoms. The molecule has 108 valence electrons. The van der Waals surface area contributed by atoms with Crippen LogP contribution in [-0.2, 0) is 11.3 Å². The number of nitrogens with one attached hydrogen (secondary N) is 2. The Kier molecular flexibility index (Phi) is 2.86. The summed E-state index contributed by atoms with van der Waals surface area (Å²) in [5, 5.41) is 3.03. The van der Waals surface area contributed by atoms with Gasteiger partial charge in [-0.1, -0.05) is 0 Å². The fraction of sp³-hybridized carbons (Fsp3) is 0.750. The second-order valence-corrected chi connectivity index (χ2v) is 7.41. The molecule has 4 saturated carbocycles. The predicted molar refractivity (Wildman–Crippen MR) is 75.7 cm³/mol. The molecule has 1 aromatic rings. The minimum absolute atomic E-state index is 0.211. The van der Waals surface area contributed by atoms with E-state index in [1.807, 2.05) is 0 Å². The van der Waals surface area contributed by atoms with Crippen molar-refractivity contribution < 1.29 is 4.79 Å². The van der Waals surface area contributed by atoms with Crippen LogP contribution in [0.1, 0.15) is 50.8 Å². The molecule has 0 unspecified atom stereocenters. The van der Waals surface area contributed by atoms with E-state index in [9.17, 15) is 4.79 Å². The first kappa shape index (κ1) is 12.4. The summed E-state index contributed by atoms with van der Waals surface area (Å²) in [6, 6.07) is 0. The summed E-state index contributed by atoms with van der Waals surface area (Å²) in [5.74, 6) is 3.80. The topological polar surface area (TPSA) is 57.8 Å². The highest BCUT2D eigenvalue weighted by molar-refractivity contribution is 5.76. The summed E-state index contributed by atoms with van der Waals surface area (Å²) in [5.41, 5.74) is 0.335. The van der Waals surface area contributed by atoms with Crippen LogP contribution in [0.2, 0.25) is 0 Å². The average molecular weight is 273 g/mol. The van der Waals surface area contributed by atoms with Gasteiger partial charge in [0.25, 0.3) is 0 Å². The number of carbonyl (C=O) groups is 1. The molecule has 2 N–H and O–H groups in total. The van der Waals surface area contributed by atoms with Crippen LogP contribution in [0.5, 0.6) is 0 Å². The molecule has 4 fully saturated rings. The minimum Gasteiger partial charge on any atom is -0.349 e. The molecule has 1 aromatic heterocycles. The van der Waals surface area contributed by atoms with Gasteiger partial charge in [-0.3, -0.25) is 4.79 Å². The van der Waals surface area contributed by atoms with Gasteiger partial charge in [0.15, 0.2) is 0 Å². The van der Waals surface area contributed by atoms with Crippen molar-refractivity contribution in [2.75, 3.05) is 0 Å². The van der Waals surface area contributed by atoms with Crippen molar-refractivity contribution in [3.8, 4) is 0 Å². The first-order valence-corrected chi connectivity index (χ1v) is 7.96. The number of hydrogen-bond donors (Lipinski definition) is 2. The Bertz CT molecular complexity index is 459. The molecule has 4 bridgehead atoms. The highest BCUT2D eigenvalue weighted by atomic mass is 16.1. The van der Waals surface area contributed by atoms with E-state index >= 15 is 0 Å². The van der Waals surface area contributed by atoms with Crippen molar-refractivity contribution in [2.24, 2.45) is 23.2 Å². The smallest absolute Gasteiger partial charge is 0.220 e. The zero-order valence-electron chi connectivity index (χ0n) is 11.9. The van der Waals surface area contributed by atoms with Crippen molar-refractivity contribution in [3.63, 3.8) is 0 Å². The van der Waals surface area contributed by atoms with Gasteiger partial charge in [-0.15, -0.1) is 0 Å². The Morgan fingerprint density at radius 2 is 1.90 bits per heavy atom. The van der Waals surface area contributed by atoms with E-state index in [1.165, 1.54) is 38.5 Å². The van der Waals surface area contributed by atoms with Crippen molar-refractivity contribution in [2.45, 2.75) is 51.5 Å². The van der Waals surface area contributed by atoms with Crippen LogP contribution in [0.3, 0.4) is 0 Å². The second-order valence-electron chi connectivity index (χ2n) is 7.41. The van der Waals surface area contributed by atoms with E-state index in [-0.39, 0.29) is 5.91 Å². The van der Waals surface area contributed by atoms with E-state index in [0.717, 1.165) is 30.0 Å². The molecule has 4 aliphatic rings. The number of aromatic amines is 1. The third kappa shape index (κ3) is 2.25. The zero-order valence-corrected chi connectivity index (χ0v) is 11.9. The number of nitrogens with zero attached hydrogens (tertiary/aromatic N) is 1. The van der Waals surface area contributed by atoms with Crippen LogP contribution in [0.25, 0.3) is 0 Å². The molecule has 4 nitrogen and oxygen atoms in total. The van der Waals surface area contributed by atoms with Crippen molar-refractivity contribution in [3.05, 3.63) is 18.2 Å². The summed E-state index contributed by atoms with van der Waals surface area (Å²) in [6.07, 6.45) is 12.5. The quantitative estimate of drug-likeness (QED) is 0.886. The molecule has 20 heavy (non-hydrogen) atoms. The molecular weight excluding hydrogens is 250 g/mol. The van der Waals surface area contributed by atoms with Crippen molar-refractivity contribution >= 4 is 5.91 Å². The molecule has 4 aliphatic carbocycles. The molecule has 0 saturated heterocycles. The molecule has 0 aromatic carbocycles. The number of hydrogen-bond acceptors (Lipinski definition) is 2. The molecule has 1 amide bonds. The van der Waals surface area contributed by atoms with Crippen LogP contribution in [0, 0.1) is 23.2 Å². The lowest BCUT2D eigenvalue weighted by Gasteiger charge is -2.56. The Hall–Kier alpha value is -1.32. The fourth-order valence-corrected chi connectivity index (χ4v) is 5.49. The van der Waals surface area contributed by atoms with E-state index < -0.39 is 0 Å². The Labute approximate surface area is 119 Å². The van der Waals surface area contributed by atoms with Gasteiger partial charge in [0.05, 0.1) is 6.54 Å². The Morgan fingerprint density at radius 1 is 1.25 bits per heavy atom. The number of carbonyl (C=O) groups excluding carboxylic acids is 1. The van der Waals surface area contributed by atoms with E-state index in [0.29, 0.717) is 12.0 Å². The van der Waals surface area contributed by atoms with Crippen LogP contribution in [-0.4, -0.2) is 15.9 Å². The predicted octanol–water partition coefficient (Wildman–Crippen LogP) is 2.63. The number of imidazole rings is 1. The fourth-order valence-electron chi connectivity index (χ4n) is 5.49. The lowest BCUT2D eigenvalue weighted by molar-refractivity contribution is -0.129. The third-order valence-corrected chi connectivity index (χ3v) is 5.71. The third-order valence-electron chi connectivity index (χ3n) is 5.71. The minimum atomic E-state index is 0.211.